The molecule has 2 rings (SSSR count). The van der Waals surface area contributed by atoms with Gasteiger partial charge < -0.3 is 9.47 Å². The summed E-state index contributed by atoms with van der Waals surface area (Å²) in [5.74, 6) is 0.625. The molecule has 88 valence electrons. The highest BCUT2D eigenvalue weighted by Gasteiger charge is 2.25. The number of hydrogen-bond acceptors (Lipinski definition) is 4. The van der Waals surface area contributed by atoms with Crippen LogP contribution in [0.1, 0.15) is 19.4 Å². The number of hydrogen-bond donors (Lipinski definition) is 0. The zero-order valence-corrected chi connectivity index (χ0v) is 9.98. The van der Waals surface area contributed by atoms with E-state index < -0.39 is 5.97 Å². The van der Waals surface area contributed by atoms with Gasteiger partial charge in [-0.15, -0.1) is 0 Å². The summed E-state index contributed by atoms with van der Waals surface area (Å²) in [7, 11) is 1.59. The number of cyclic esters (lactones) is 1. The highest BCUT2D eigenvalue weighted by molar-refractivity contribution is 6.11. The van der Waals surface area contributed by atoms with Crippen LogP contribution in [0.4, 0.5) is 0 Å². The summed E-state index contributed by atoms with van der Waals surface area (Å²) >= 11 is 0. The number of ether oxygens (including phenoxy) is 2. The number of esters is 1. The van der Waals surface area contributed by atoms with E-state index in [0.717, 1.165) is 11.1 Å². The Kier molecular flexibility index (Phi) is 2.95. The Morgan fingerprint density at radius 1 is 1.35 bits per heavy atom. The fourth-order valence-electron chi connectivity index (χ4n) is 1.50. The van der Waals surface area contributed by atoms with Crippen LogP contribution in [0.3, 0.4) is 0 Å². The van der Waals surface area contributed by atoms with E-state index in [4.69, 9.17) is 9.47 Å². The van der Waals surface area contributed by atoms with Gasteiger partial charge in [-0.3, -0.25) is 0 Å². The monoisotopic (exact) mass is 231 g/mol. The van der Waals surface area contributed by atoms with Crippen molar-refractivity contribution in [3.8, 4) is 5.75 Å². The fourth-order valence-corrected chi connectivity index (χ4v) is 1.50. The Hall–Kier alpha value is -2.10. The van der Waals surface area contributed by atoms with Crippen molar-refractivity contribution in [2.75, 3.05) is 7.11 Å². The summed E-state index contributed by atoms with van der Waals surface area (Å²) in [6, 6.07) is 7.25. The first-order valence-electron chi connectivity index (χ1n) is 5.24. The molecule has 0 bridgehead atoms. The molecule has 0 aliphatic carbocycles. The predicted molar refractivity (Wildman–Crippen MR) is 64.0 cm³/mol. The SMILES string of the molecule is COc1cccc(C2=NC(=C(C)C)C(=O)O2)c1. The second-order valence-corrected chi connectivity index (χ2v) is 3.89. The van der Waals surface area contributed by atoms with E-state index in [1.54, 1.807) is 13.2 Å². The Morgan fingerprint density at radius 2 is 2.12 bits per heavy atom. The van der Waals surface area contributed by atoms with Gasteiger partial charge in [0.15, 0.2) is 5.70 Å². The summed E-state index contributed by atoms with van der Waals surface area (Å²) in [6.07, 6.45) is 0. The Labute approximate surface area is 99.6 Å². The minimum atomic E-state index is -0.400. The zero-order valence-electron chi connectivity index (χ0n) is 9.98. The smallest absolute Gasteiger partial charge is 0.363 e. The molecule has 17 heavy (non-hydrogen) atoms. The summed E-state index contributed by atoms with van der Waals surface area (Å²) in [5, 5.41) is 0. The van der Waals surface area contributed by atoms with Gasteiger partial charge in [-0.2, -0.15) is 0 Å². The van der Waals surface area contributed by atoms with Crippen LogP contribution < -0.4 is 4.74 Å². The molecular formula is C13H13NO3. The van der Waals surface area contributed by atoms with Crippen molar-refractivity contribution in [2.24, 2.45) is 4.99 Å². The van der Waals surface area contributed by atoms with Gasteiger partial charge in [0, 0.05) is 5.56 Å². The van der Waals surface area contributed by atoms with Crippen LogP contribution in [-0.2, 0) is 9.53 Å². The molecule has 0 amide bonds. The fraction of sp³-hybridized carbons (Fsp3) is 0.231. The van der Waals surface area contributed by atoms with Gasteiger partial charge in [-0.25, -0.2) is 9.79 Å². The average Bonchev–Trinajstić information content (AvgIpc) is 2.71. The summed E-state index contributed by atoms with van der Waals surface area (Å²) in [4.78, 5) is 15.7. The lowest BCUT2D eigenvalue weighted by molar-refractivity contribution is -0.130. The topological polar surface area (TPSA) is 47.9 Å². The molecule has 0 radical (unpaired) electrons. The van der Waals surface area contributed by atoms with E-state index in [1.807, 2.05) is 32.0 Å². The molecule has 0 N–H and O–H groups in total. The summed E-state index contributed by atoms with van der Waals surface area (Å²) in [5.41, 5.74) is 1.95. The number of nitrogens with zero attached hydrogens (tertiary/aromatic N) is 1. The highest BCUT2D eigenvalue weighted by Crippen LogP contribution is 2.21. The van der Waals surface area contributed by atoms with Crippen molar-refractivity contribution in [3.63, 3.8) is 0 Å². The van der Waals surface area contributed by atoms with Crippen LogP contribution in [0.2, 0.25) is 0 Å². The van der Waals surface area contributed by atoms with Crippen molar-refractivity contribution < 1.29 is 14.3 Å². The van der Waals surface area contributed by atoms with Crippen molar-refractivity contribution in [2.45, 2.75) is 13.8 Å². The van der Waals surface area contributed by atoms with Crippen molar-refractivity contribution in [1.29, 1.82) is 0 Å². The molecule has 0 saturated heterocycles. The zero-order chi connectivity index (χ0) is 12.4. The van der Waals surface area contributed by atoms with E-state index in [0.29, 0.717) is 17.3 Å². The normalized spacial score (nSPS) is 14.4. The summed E-state index contributed by atoms with van der Waals surface area (Å²) in [6.45, 7) is 3.66. The number of rotatable bonds is 2. The molecule has 0 spiro atoms. The molecule has 1 aliphatic rings. The molecule has 1 heterocycles. The maximum absolute atomic E-state index is 11.5. The second kappa shape index (κ2) is 4.41. The Morgan fingerprint density at radius 3 is 2.71 bits per heavy atom. The number of carbonyl (C=O) groups excluding carboxylic acids is 1. The van der Waals surface area contributed by atoms with E-state index in [9.17, 15) is 4.79 Å². The largest absolute Gasteiger partial charge is 0.497 e. The van der Waals surface area contributed by atoms with Crippen LogP contribution >= 0.6 is 0 Å². The van der Waals surface area contributed by atoms with Gasteiger partial charge in [-0.1, -0.05) is 6.07 Å². The number of methoxy groups -OCH3 is 1. The first-order valence-corrected chi connectivity index (χ1v) is 5.24. The van der Waals surface area contributed by atoms with Crippen molar-refractivity contribution in [3.05, 3.63) is 41.1 Å². The number of carbonyl (C=O) groups is 1. The van der Waals surface area contributed by atoms with Crippen molar-refractivity contribution in [1.82, 2.24) is 0 Å². The minimum Gasteiger partial charge on any atom is -0.497 e. The molecule has 1 aliphatic heterocycles. The Bertz CT molecular complexity index is 525. The van der Waals surface area contributed by atoms with Crippen LogP contribution in [0.25, 0.3) is 0 Å². The van der Waals surface area contributed by atoms with Crippen LogP contribution in [0.15, 0.2) is 40.5 Å². The van der Waals surface area contributed by atoms with E-state index in [-0.39, 0.29) is 0 Å². The van der Waals surface area contributed by atoms with E-state index in [1.165, 1.54) is 0 Å². The average molecular weight is 231 g/mol. The molecule has 0 unspecified atom stereocenters. The molecule has 0 aromatic heterocycles. The van der Waals surface area contributed by atoms with Crippen LogP contribution in [0.5, 0.6) is 5.75 Å². The molecule has 0 fully saturated rings. The second-order valence-electron chi connectivity index (χ2n) is 3.89. The third-order valence-electron chi connectivity index (χ3n) is 2.39. The first-order chi connectivity index (χ1) is 8.11. The Balaban J connectivity index is 2.39. The molecule has 0 atom stereocenters. The quantitative estimate of drug-likeness (QED) is 0.579. The first kappa shape index (κ1) is 11.4. The number of allylic oxidation sites excluding steroid dienone is 1. The van der Waals surface area contributed by atoms with Gasteiger partial charge in [0.1, 0.15) is 5.75 Å². The van der Waals surface area contributed by atoms with Crippen molar-refractivity contribution >= 4 is 11.9 Å². The highest BCUT2D eigenvalue weighted by atomic mass is 16.6. The number of benzene rings is 1. The third-order valence-corrected chi connectivity index (χ3v) is 2.39. The van der Waals surface area contributed by atoms with Gasteiger partial charge in [0.05, 0.1) is 7.11 Å². The van der Waals surface area contributed by atoms with Crippen LogP contribution in [-0.4, -0.2) is 19.0 Å². The molecule has 0 saturated carbocycles. The lowest BCUT2D eigenvalue weighted by atomic mass is 10.2. The molecule has 1 aromatic carbocycles. The number of aliphatic imine (C=N–C) groups is 1. The molecule has 1 aromatic rings. The standard InChI is InChI=1S/C13H13NO3/c1-8(2)11-13(15)17-12(14-11)9-5-4-6-10(7-9)16-3/h4-7H,1-3H3. The molecular weight excluding hydrogens is 218 g/mol. The third kappa shape index (κ3) is 2.20. The minimum absolute atomic E-state index is 0.324. The predicted octanol–water partition coefficient (Wildman–Crippen LogP) is 2.29. The maximum Gasteiger partial charge on any atom is 0.363 e. The van der Waals surface area contributed by atoms with E-state index >= 15 is 0 Å². The van der Waals surface area contributed by atoms with Crippen LogP contribution in [0, 0.1) is 0 Å². The molecule has 4 nitrogen and oxygen atoms in total. The molecule has 4 heteroatoms. The van der Waals surface area contributed by atoms with E-state index in [2.05, 4.69) is 4.99 Å². The van der Waals surface area contributed by atoms with Gasteiger partial charge >= 0.3 is 5.97 Å². The lowest BCUT2D eigenvalue weighted by Crippen LogP contribution is -2.05. The van der Waals surface area contributed by atoms with Gasteiger partial charge in [-0.05, 0) is 37.6 Å². The van der Waals surface area contributed by atoms with Gasteiger partial charge in [0.2, 0.25) is 5.90 Å². The van der Waals surface area contributed by atoms with Gasteiger partial charge in [0.25, 0.3) is 0 Å². The summed E-state index contributed by atoms with van der Waals surface area (Å²) < 4.78 is 10.2. The maximum atomic E-state index is 11.5. The lowest BCUT2D eigenvalue weighted by Gasteiger charge is -2.02.